The topological polar surface area (TPSA) is 107 Å². The van der Waals surface area contributed by atoms with Gasteiger partial charge in [-0.2, -0.15) is 22.0 Å². The summed E-state index contributed by atoms with van der Waals surface area (Å²) in [5.41, 5.74) is 0. The smallest absolute Gasteiger partial charge is 0.395 e. The molecular weight excluding hydrogens is 367 g/mol. The van der Waals surface area contributed by atoms with Crippen molar-refractivity contribution >= 4 is 10.0 Å². The fourth-order valence-electron chi connectivity index (χ4n) is 1.86. The van der Waals surface area contributed by atoms with E-state index in [4.69, 9.17) is 10.2 Å². The molecule has 0 radical (unpaired) electrons. The van der Waals surface area contributed by atoms with Crippen molar-refractivity contribution in [1.29, 1.82) is 0 Å². The van der Waals surface area contributed by atoms with E-state index in [1.54, 1.807) is 14.1 Å². The van der Waals surface area contributed by atoms with Crippen molar-refractivity contribution in [2.24, 2.45) is 0 Å². The zero-order chi connectivity index (χ0) is 19.4. The highest BCUT2D eigenvalue weighted by atomic mass is 32.2. The molecular formula is C11H22F5N2O5S+. The number of quaternary nitrogens is 1. The molecule has 0 amide bonds. The average molecular weight is 389 g/mol. The van der Waals surface area contributed by atoms with Crippen molar-refractivity contribution in [3.8, 4) is 0 Å². The molecule has 7 nitrogen and oxygen atoms in total. The maximum Gasteiger partial charge on any atom is 0.470 e. The van der Waals surface area contributed by atoms with Crippen molar-refractivity contribution in [1.82, 2.24) is 4.72 Å². The second-order valence-corrected chi connectivity index (χ2v) is 7.74. The molecule has 0 heterocycles. The van der Waals surface area contributed by atoms with Crippen LogP contribution in [0.15, 0.2) is 0 Å². The number of aliphatic hydroxyl groups excluding tert-OH is 3. The highest BCUT2D eigenvalue weighted by molar-refractivity contribution is 7.90. The molecule has 13 heteroatoms. The largest absolute Gasteiger partial charge is 0.470 e. The Kier molecular flexibility index (Phi) is 7.98. The Morgan fingerprint density at radius 3 is 1.96 bits per heavy atom. The molecule has 0 saturated carbocycles. The van der Waals surface area contributed by atoms with Crippen LogP contribution < -0.4 is 4.72 Å². The van der Waals surface area contributed by atoms with Crippen LogP contribution in [0.1, 0.15) is 6.42 Å². The SMILES string of the molecule is C[N+](C)(CCC(CO)NS(=O)(=O)C(F)(F)C(F)(F)F)CC(O)CO. The first kappa shape index (κ1) is 23.4. The first-order chi connectivity index (χ1) is 10.6. The second kappa shape index (κ2) is 8.19. The van der Waals surface area contributed by atoms with Gasteiger partial charge in [-0.15, -0.1) is 0 Å². The summed E-state index contributed by atoms with van der Waals surface area (Å²) in [4.78, 5) is 0. The number of hydrogen-bond donors (Lipinski definition) is 4. The number of halogens is 5. The van der Waals surface area contributed by atoms with Crippen LogP contribution in [0.25, 0.3) is 0 Å². The Hall–Kier alpha value is -0.600. The Balaban J connectivity index is 4.95. The third-order valence-corrected chi connectivity index (χ3v) is 4.76. The van der Waals surface area contributed by atoms with Gasteiger partial charge in [-0.1, -0.05) is 0 Å². The molecule has 0 saturated heterocycles. The predicted octanol–water partition coefficient (Wildman–Crippen LogP) is -0.758. The molecule has 4 N–H and O–H groups in total. The molecule has 0 aromatic carbocycles. The number of sulfonamides is 1. The molecule has 0 aromatic heterocycles. The van der Waals surface area contributed by atoms with E-state index in [1.807, 2.05) is 0 Å². The van der Waals surface area contributed by atoms with Crippen LogP contribution in [0.5, 0.6) is 0 Å². The number of rotatable bonds is 10. The molecule has 0 rings (SSSR count). The van der Waals surface area contributed by atoms with Gasteiger partial charge in [-0.25, -0.2) is 13.1 Å². The Bertz CT molecular complexity index is 498. The summed E-state index contributed by atoms with van der Waals surface area (Å²) in [5.74, 6) is 0. The fraction of sp³-hybridized carbons (Fsp3) is 1.00. The van der Waals surface area contributed by atoms with Gasteiger partial charge in [-0.3, -0.25) is 0 Å². The second-order valence-electron chi connectivity index (χ2n) is 5.98. The van der Waals surface area contributed by atoms with Gasteiger partial charge in [0.25, 0.3) is 10.0 Å². The van der Waals surface area contributed by atoms with Crippen LogP contribution in [-0.4, -0.2) is 92.2 Å². The highest BCUT2D eigenvalue weighted by Gasteiger charge is 2.67. The fourth-order valence-corrected chi connectivity index (χ4v) is 2.94. The summed E-state index contributed by atoms with van der Waals surface area (Å²) in [6.07, 6.45) is -7.65. The number of aliphatic hydroxyl groups is 3. The van der Waals surface area contributed by atoms with Gasteiger partial charge in [0.05, 0.1) is 39.9 Å². The Morgan fingerprint density at radius 2 is 1.58 bits per heavy atom. The molecule has 0 aliphatic rings. The van der Waals surface area contributed by atoms with Gasteiger partial charge in [0.15, 0.2) is 0 Å². The van der Waals surface area contributed by atoms with E-state index in [0.717, 1.165) is 4.72 Å². The predicted molar refractivity (Wildman–Crippen MR) is 73.5 cm³/mol. The maximum atomic E-state index is 13.0. The van der Waals surface area contributed by atoms with Gasteiger partial charge in [0, 0.05) is 6.42 Å². The van der Waals surface area contributed by atoms with Crippen molar-refractivity contribution < 1.29 is 50.2 Å². The van der Waals surface area contributed by atoms with E-state index in [-0.39, 0.29) is 24.0 Å². The molecule has 146 valence electrons. The summed E-state index contributed by atoms with van der Waals surface area (Å²) in [6.45, 7) is -1.46. The Morgan fingerprint density at radius 1 is 1.08 bits per heavy atom. The highest BCUT2D eigenvalue weighted by Crippen LogP contribution is 2.39. The number of alkyl halides is 5. The zero-order valence-corrected chi connectivity index (χ0v) is 13.9. The first-order valence-electron chi connectivity index (χ1n) is 6.78. The minimum absolute atomic E-state index is 0.00954. The van der Waals surface area contributed by atoms with Crippen molar-refractivity contribution in [2.45, 2.75) is 30.0 Å². The van der Waals surface area contributed by atoms with Gasteiger partial charge in [0.2, 0.25) is 0 Å². The molecule has 0 bridgehead atoms. The maximum absolute atomic E-state index is 13.0. The van der Waals surface area contributed by atoms with Crippen molar-refractivity contribution in [3.05, 3.63) is 0 Å². The number of nitrogens with one attached hydrogen (secondary N) is 1. The molecule has 0 fully saturated rings. The van der Waals surface area contributed by atoms with Crippen LogP contribution in [0, 0.1) is 0 Å². The van der Waals surface area contributed by atoms with E-state index < -0.39 is 46.8 Å². The quantitative estimate of drug-likeness (QED) is 0.290. The van der Waals surface area contributed by atoms with Gasteiger partial charge in [0.1, 0.15) is 12.6 Å². The molecule has 0 spiro atoms. The lowest BCUT2D eigenvalue weighted by atomic mass is 10.2. The number of hydrogen-bond acceptors (Lipinski definition) is 5. The van der Waals surface area contributed by atoms with E-state index in [0.29, 0.717) is 0 Å². The third-order valence-electron chi connectivity index (χ3n) is 3.21. The molecule has 2 atom stereocenters. The van der Waals surface area contributed by atoms with Crippen LogP contribution in [0.2, 0.25) is 0 Å². The van der Waals surface area contributed by atoms with Crippen LogP contribution in [0.4, 0.5) is 22.0 Å². The lowest BCUT2D eigenvalue weighted by Crippen LogP contribution is -2.54. The molecule has 24 heavy (non-hydrogen) atoms. The summed E-state index contributed by atoms with van der Waals surface area (Å²) in [7, 11) is -2.97. The minimum atomic E-state index is -6.29. The van der Waals surface area contributed by atoms with Gasteiger partial charge in [-0.05, 0) is 0 Å². The average Bonchev–Trinajstić information content (AvgIpc) is 2.41. The number of nitrogens with zero attached hydrogens (tertiary/aromatic N) is 1. The minimum Gasteiger partial charge on any atom is -0.395 e. The molecule has 2 unspecified atom stereocenters. The summed E-state index contributed by atoms with van der Waals surface area (Å²) >= 11 is 0. The lowest BCUT2D eigenvalue weighted by molar-refractivity contribution is -0.893. The lowest BCUT2D eigenvalue weighted by Gasteiger charge is -2.33. The van der Waals surface area contributed by atoms with E-state index >= 15 is 0 Å². The third kappa shape index (κ3) is 6.37. The summed E-state index contributed by atoms with van der Waals surface area (Å²) in [5, 5.41) is 21.1. The monoisotopic (exact) mass is 389 g/mol. The Labute approximate surface area is 136 Å². The molecule has 0 aliphatic heterocycles. The summed E-state index contributed by atoms with van der Waals surface area (Å²) in [6, 6.07) is -1.56. The standard InChI is InChI=1S/C11H22F5N2O5S/c1-18(2,5-9(21)7-20)4-3-8(6-19)17-24(22,23)11(15,16)10(12,13)14/h8-9,17,19-21H,3-7H2,1-2H3/q+1. The van der Waals surface area contributed by atoms with E-state index in [2.05, 4.69) is 0 Å². The van der Waals surface area contributed by atoms with Gasteiger partial charge < -0.3 is 19.8 Å². The van der Waals surface area contributed by atoms with E-state index in [1.165, 1.54) is 0 Å². The number of likely N-dealkylation sites (N-methyl/N-ethyl adjacent to an activating group) is 1. The van der Waals surface area contributed by atoms with Crippen molar-refractivity contribution in [2.75, 3.05) is 40.4 Å². The van der Waals surface area contributed by atoms with Crippen LogP contribution >= 0.6 is 0 Å². The van der Waals surface area contributed by atoms with Crippen LogP contribution in [0.3, 0.4) is 0 Å². The molecule has 0 aliphatic carbocycles. The van der Waals surface area contributed by atoms with Crippen LogP contribution in [-0.2, 0) is 10.0 Å². The van der Waals surface area contributed by atoms with Gasteiger partial charge >= 0.3 is 11.4 Å². The normalized spacial score (nSPS) is 16.9. The van der Waals surface area contributed by atoms with E-state index in [9.17, 15) is 35.5 Å². The molecule has 0 aromatic rings. The zero-order valence-electron chi connectivity index (χ0n) is 13.1. The van der Waals surface area contributed by atoms with Crippen molar-refractivity contribution in [3.63, 3.8) is 0 Å². The summed E-state index contributed by atoms with van der Waals surface area (Å²) < 4.78 is 86.1. The first-order valence-corrected chi connectivity index (χ1v) is 8.26.